The molecule has 10 heteroatoms. The van der Waals surface area contributed by atoms with Gasteiger partial charge in [-0.05, 0) is 51.4 Å². The average molecular weight is 797 g/mol. The van der Waals surface area contributed by atoms with Crippen molar-refractivity contribution in [3.8, 4) is 0 Å². The second kappa shape index (κ2) is 36.8. The van der Waals surface area contributed by atoms with Crippen molar-refractivity contribution >= 4 is 19.8 Å². The largest absolute Gasteiger partial charge is 0.472 e. The molecule has 9 nitrogen and oxygen atoms in total. The number of ether oxygens (including phenoxy) is 2. The normalized spacial score (nSPS) is 15.0. The second-order valence-corrected chi connectivity index (χ2v) is 15.3. The van der Waals surface area contributed by atoms with Crippen LogP contribution >= 0.6 is 7.82 Å². The van der Waals surface area contributed by atoms with Crippen LogP contribution in [0.25, 0.3) is 0 Å². The van der Waals surface area contributed by atoms with Gasteiger partial charge in [-0.1, -0.05) is 160 Å². The van der Waals surface area contributed by atoms with Gasteiger partial charge >= 0.3 is 19.8 Å². The maximum atomic E-state index is 12.6. The molecule has 2 unspecified atom stereocenters. The van der Waals surface area contributed by atoms with Crippen molar-refractivity contribution in [2.24, 2.45) is 0 Å². The summed E-state index contributed by atoms with van der Waals surface area (Å²) in [5.74, 6) is -0.918. The first-order valence-corrected chi connectivity index (χ1v) is 21.6. The van der Waals surface area contributed by atoms with Gasteiger partial charge in [-0.3, -0.25) is 18.6 Å². The van der Waals surface area contributed by atoms with Gasteiger partial charge in [0.2, 0.25) is 0 Å². The number of likely N-dealkylation sites (N-methyl/N-ethyl adjacent to an activating group) is 1. The van der Waals surface area contributed by atoms with E-state index in [-0.39, 0.29) is 26.1 Å². The Hall–Kier alpha value is -3.85. The highest BCUT2D eigenvalue weighted by atomic mass is 31.2. The van der Waals surface area contributed by atoms with Crippen LogP contribution in [0.15, 0.2) is 134 Å². The minimum atomic E-state index is -4.41. The van der Waals surface area contributed by atoms with Crippen LogP contribution in [0.2, 0.25) is 0 Å². The number of quaternary nitrogens is 1. The van der Waals surface area contributed by atoms with Crippen LogP contribution in [-0.4, -0.2) is 74.9 Å². The van der Waals surface area contributed by atoms with E-state index in [0.717, 1.165) is 51.4 Å². The van der Waals surface area contributed by atoms with E-state index in [1.54, 1.807) is 0 Å². The summed E-state index contributed by atoms with van der Waals surface area (Å²) in [6.07, 6.45) is 52.2. The Morgan fingerprint density at radius 2 is 0.964 bits per heavy atom. The predicted octanol–water partition coefficient (Wildman–Crippen LogP) is 11.1. The van der Waals surface area contributed by atoms with E-state index in [0.29, 0.717) is 23.9 Å². The molecule has 0 aromatic rings. The Bertz CT molecular complexity index is 1410. The van der Waals surface area contributed by atoms with Crippen LogP contribution in [0.4, 0.5) is 0 Å². The van der Waals surface area contributed by atoms with E-state index in [1.807, 2.05) is 131 Å². The Balaban J connectivity index is 4.61. The summed E-state index contributed by atoms with van der Waals surface area (Å²) in [6, 6.07) is 0. The third-order valence-electron chi connectivity index (χ3n) is 7.47. The molecule has 0 heterocycles. The molecule has 0 aliphatic rings. The van der Waals surface area contributed by atoms with Gasteiger partial charge in [-0.2, -0.15) is 0 Å². The fourth-order valence-corrected chi connectivity index (χ4v) is 5.10. The molecule has 0 radical (unpaired) electrons. The van der Waals surface area contributed by atoms with Crippen LogP contribution in [0.3, 0.4) is 0 Å². The van der Waals surface area contributed by atoms with Crippen molar-refractivity contribution in [3.63, 3.8) is 0 Å². The van der Waals surface area contributed by atoms with Crippen molar-refractivity contribution < 1.29 is 42.1 Å². The Labute approximate surface area is 339 Å². The first-order chi connectivity index (χ1) is 27.0. The van der Waals surface area contributed by atoms with Crippen molar-refractivity contribution in [2.75, 3.05) is 47.5 Å². The molecule has 0 saturated heterocycles. The van der Waals surface area contributed by atoms with Crippen molar-refractivity contribution in [1.29, 1.82) is 0 Å². The number of carbonyl (C=O) groups is 2. The Morgan fingerprint density at radius 1 is 0.554 bits per heavy atom. The molecule has 0 spiro atoms. The molecule has 0 bridgehead atoms. The minimum Gasteiger partial charge on any atom is -0.462 e. The number of nitrogens with zero attached hydrogens (tertiary/aromatic N) is 1. The predicted molar refractivity (Wildman–Crippen MR) is 233 cm³/mol. The molecule has 0 amide bonds. The number of rotatable bonds is 33. The van der Waals surface area contributed by atoms with Gasteiger partial charge in [0.05, 0.1) is 27.7 Å². The number of carbonyl (C=O) groups excluding carboxylic acids is 2. The third kappa shape index (κ3) is 39.8. The van der Waals surface area contributed by atoms with Gasteiger partial charge in [0.1, 0.15) is 19.8 Å². The van der Waals surface area contributed by atoms with Crippen LogP contribution in [0.1, 0.15) is 90.9 Å². The van der Waals surface area contributed by atoms with Crippen molar-refractivity contribution in [1.82, 2.24) is 0 Å². The monoisotopic (exact) mass is 796 g/mol. The number of unbranched alkanes of at least 4 members (excludes halogenated alkanes) is 6. The van der Waals surface area contributed by atoms with Gasteiger partial charge in [-0.15, -0.1) is 0 Å². The van der Waals surface area contributed by atoms with Gasteiger partial charge in [0, 0.05) is 12.8 Å². The molecule has 0 fully saturated rings. The average Bonchev–Trinajstić information content (AvgIpc) is 3.15. The first kappa shape index (κ1) is 52.2. The van der Waals surface area contributed by atoms with Crippen molar-refractivity contribution in [3.05, 3.63) is 134 Å². The lowest BCUT2D eigenvalue weighted by Crippen LogP contribution is -2.37. The topological polar surface area (TPSA) is 108 Å². The first-order valence-electron chi connectivity index (χ1n) is 20.1. The van der Waals surface area contributed by atoms with E-state index in [2.05, 4.69) is 38.2 Å². The molecule has 0 saturated carbocycles. The standard InChI is InChI=1S/C46H70NO8P/c1-6-8-10-12-14-16-18-20-21-22-23-24-25-27-28-30-32-34-36-38-45(48)52-42-44(43-54-56(50,51)53-41-40-47(3,4)5)55-46(49)39-37-35-33-31-29-26-19-17-15-13-11-9-7-2/h8-29,44H,6-7,30-43H2,1-5H3/p+1/b10-8+,11-9+,14-12+,15-13+,18-16+,19-17+,21-20+,23-22+,25-24+,28-27+,29-26+. The maximum absolute atomic E-state index is 12.6. The molecule has 1 N–H and O–H groups in total. The lowest BCUT2D eigenvalue weighted by molar-refractivity contribution is -0.870. The van der Waals surface area contributed by atoms with E-state index in [9.17, 15) is 19.0 Å². The molecule has 312 valence electrons. The minimum absolute atomic E-state index is 0.00621. The SMILES string of the molecule is CC/C=C/C=C/C=C/C=C/C=C/C=C/C=C/CCCCCC(=O)OCC(COP(=O)(O)OCC[N+](C)(C)C)OC(=O)CCCCC/C=C/C=C/C=C/C=C/CC. The van der Waals surface area contributed by atoms with E-state index < -0.39 is 32.5 Å². The summed E-state index contributed by atoms with van der Waals surface area (Å²) in [7, 11) is 1.39. The molecule has 0 aromatic carbocycles. The summed E-state index contributed by atoms with van der Waals surface area (Å²) in [4.78, 5) is 35.3. The number of phosphoric ester groups is 1. The Morgan fingerprint density at radius 3 is 1.39 bits per heavy atom. The molecule has 0 aliphatic carbocycles. The van der Waals surface area contributed by atoms with Crippen molar-refractivity contribution in [2.45, 2.75) is 97.0 Å². The lowest BCUT2D eigenvalue weighted by atomic mass is 10.1. The molecule has 0 aliphatic heterocycles. The second-order valence-electron chi connectivity index (χ2n) is 13.8. The molecule has 2 atom stereocenters. The number of allylic oxidation sites excluding steroid dienone is 22. The quantitative estimate of drug-likeness (QED) is 0.0230. The van der Waals surface area contributed by atoms with Gasteiger partial charge in [0.15, 0.2) is 6.10 Å². The molecule has 0 aromatic heterocycles. The van der Waals surface area contributed by atoms with Gasteiger partial charge in [0.25, 0.3) is 0 Å². The molecular formula is C46H71NO8P+. The summed E-state index contributed by atoms with van der Waals surface area (Å²) in [5, 5.41) is 0. The zero-order valence-corrected chi connectivity index (χ0v) is 35.7. The van der Waals surface area contributed by atoms with Crippen LogP contribution < -0.4 is 0 Å². The fraction of sp³-hybridized carbons (Fsp3) is 0.478. The van der Waals surface area contributed by atoms with E-state index in [1.165, 1.54) is 0 Å². The summed E-state index contributed by atoms with van der Waals surface area (Å²) >= 11 is 0. The van der Waals surface area contributed by atoms with Crippen LogP contribution in [-0.2, 0) is 32.7 Å². The molecule has 56 heavy (non-hydrogen) atoms. The van der Waals surface area contributed by atoms with Gasteiger partial charge < -0.3 is 18.9 Å². The fourth-order valence-electron chi connectivity index (χ4n) is 4.36. The van der Waals surface area contributed by atoms with E-state index in [4.69, 9.17) is 18.5 Å². The summed E-state index contributed by atoms with van der Waals surface area (Å²) in [5.41, 5.74) is 0. The number of hydrogen-bond acceptors (Lipinski definition) is 7. The maximum Gasteiger partial charge on any atom is 0.472 e. The smallest absolute Gasteiger partial charge is 0.462 e. The van der Waals surface area contributed by atoms with Crippen LogP contribution in [0, 0.1) is 0 Å². The summed E-state index contributed by atoms with van der Waals surface area (Å²) in [6.45, 7) is 3.97. The lowest BCUT2D eigenvalue weighted by Gasteiger charge is -2.24. The Kier molecular flexibility index (Phi) is 34.2. The molecular weight excluding hydrogens is 725 g/mol. The van der Waals surface area contributed by atoms with E-state index >= 15 is 0 Å². The zero-order chi connectivity index (χ0) is 41.4. The highest BCUT2D eigenvalue weighted by molar-refractivity contribution is 7.47. The third-order valence-corrected chi connectivity index (χ3v) is 8.45. The highest BCUT2D eigenvalue weighted by Gasteiger charge is 2.27. The number of esters is 2. The number of phosphoric acid groups is 1. The molecule has 0 rings (SSSR count). The number of hydrogen-bond donors (Lipinski definition) is 1. The summed E-state index contributed by atoms with van der Waals surface area (Å²) < 4.78 is 34.1. The highest BCUT2D eigenvalue weighted by Crippen LogP contribution is 2.43. The van der Waals surface area contributed by atoms with Crippen LogP contribution in [0.5, 0.6) is 0 Å². The van der Waals surface area contributed by atoms with Gasteiger partial charge in [-0.25, -0.2) is 4.57 Å². The zero-order valence-electron chi connectivity index (χ0n) is 34.8.